The number of nitrogens with zero attached hydrogens (tertiary/aromatic N) is 2. The van der Waals surface area contributed by atoms with Crippen molar-refractivity contribution < 1.29 is 26.8 Å². The van der Waals surface area contributed by atoms with E-state index in [4.69, 9.17) is 4.84 Å². The number of amides is 1. The van der Waals surface area contributed by atoms with Gasteiger partial charge in [0.1, 0.15) is 17.5 Å². The molecule has 0 saturated heterocycles. The molecule has 1 amide bonds. The molecule has 1 aliphatic carbocycles. The number of nitrogens with one attached hydrogen (secondary N) is 3. The van der Waals surface area contributed by atoms with Crippen molar-refractivity contribution in [2.24, 2.45) is 0 Å². The summed E-state index contributed by atoms with van der Waals surface area (Å²) >= 11 is 0. The van der Waals surface area contributed by atoms with Crippen molar-refractivity contribution in [2.75, 3.05) is 34.8 Å². The molecule has 0 radical (unpaired) electrons. The van der Waals surface area contributed by atoms with Crippen LogP contribution in [0.4, 0.5) is 31.7 Å². The number of sulfonamides is 1. The molecule has 12 heteroatoms. The van der Waals surface area contributed by atoms with Crippen LogP contribution in [0.15, 0.2) is 59.2 Å². The first-order chi connectivity index (χ1) is 19.8. The minimum absolute atomic E-state index is 0.0337. The average molecular weight is 604 g/mol. The van der Waals surface area contributed by atoms with Crippen LogP contribution in [0.25, 0.3) is 0 Å². The Morgan fingerprint density at radius 3 is 2.40 bits per heavy atom. The Morgan fingerprint density at radius 1 is 1.14 bits per heavy atom. The summed E-state index contributed by atoms with van der Waals surface area (Å²) in [6, 6.07) is 4.29. The largest absolute Gasteiger partial charge is 0.353 e. The van der Waals surface area contributed by atoms with Gasteiger partial charge in [-0.2, -0.15) is 0 Å². The van der Waals surface area contributed by atoms with E-state index >= 15 is 4.39 Å². The molecule has 1 saturated carbocycles. The standard InChI is InChI=1S/C30H39F2N5O4S/c1-8-19(5)23(31)12-13-25(18(3)4)35-29-16-26(22(17-33-29)30(38)36-41-9-2)34-27-15-24(32)21(20-10-11-20)14-28(27)37(6)42(7,39)40/h12-17,20H,8-11H2,1-7H3,(H,36,38)(H2,33,34,35)/b13-12-,23-19-. The van der Waals surface area contributed by atoms with Crippen molar-refractivity contribution in [1.82, 2.24) is 10.5 Å². The lowest BCUT2D eigenvalue weighted by molar-refractivity contribution is 0.0365. The monoisotopic (exact) mass is 603 g/mol. The Hall–Kier alpha value is -3.77. The van der Waals surface area contributed by atoms with E-state index < -0.39 is 21.7 Å². The van der Waals surface area contributed by atoms with Gasteiger partial charge in [-0.3, -0.25) is 13.9 Å². The maximum absolute atomic E-state index is 15.2. The van der Waals surface area contributed by atoms with Crippen molar-refractivity contribution in [3.63, 3.8) is 0 Å². The molecule has 0 bridgehead atoms. The molecule has 0 unspecified atom stereocenters. The van der Waals surface area contributed by atoms with E-state index in [2.05, 4.69) is 21.1 Å². The summed E-state index contributed by atoms with van der Waals surface area (Å²) in [5.41, 5.74) is 5.43. The van der Waals surface area contributed by atoms with Crippen LogP contribution in [-0.4, -0.2) is 39.2 Å². The zero-order chi connectivity index (χ0) is 31.2. The Kier molecular flexibility index (Phi) is 10.9. The van der Waals surface area contributed by atoms with Gasteiger partial charge in [-0.1, -0.05) is 12.5 Å². The van der Waals surface area contributed by atoms with Gasteiger partial charge in [0.2, 0.25) is 10.0 Å². The summed E-state index contributed by atoms with van der Waals surface area (Å²) in [5.74, 6) is -1.10. The first-order valence-corrected chi connectivity index (χ1v) is 15.6. The second-order valence-electron chi connectivity index (χ2n) is 10.4. The fourth-order valence-electron chi connectivity index (χ4n) is 3.91. The van der Waals surface area contributed by atoms with Crippen LogP contribution >= 0.6 is 0 Å². The number of benzene rings is 1. The molecular formula is C30H39F2N5O4S. The van der Waals surface area contributed by atoms with E-state index in [-0.39, 0.29) is 41.0 Å². The highest BCUT2D eigenvalue weighted by atomic mass is 32.2. The molecule has 2 aromatic rings. The molecular weight excluding hydrogens is 564 g/mol. The highest BCUT2D eigenvalue weighted by Crippen LogP contribution is 2.45. The number of carbonyl (C=O) groups is 1. The van der Waals surface area contributed by atoms with E-state index in [1.165, 1.54) is 37.5 Å². The topological polar surface area (TPSA) is 113 Å². The van der Waals surface area contributed by atoms with Gasteiger partial charge in [-0.15, -0.1) is 0 Å². The van der Waals surface area contributed by atoms with Crippen LogP contribution < -0.4 is 20.4 Å². The molecule has 0 spiro atoms. The first kappa shape index (κ1) is 32.7. The van der Waals surface area contributed by atoms with Crippen LogP contribution in [0.3, 0.4) is 0 Å². The summed E-state index contributed by atoms with van der Waals surface area (Å²) in [4.78, 5) is 22.4. The van der Waals surface area contributed by atoms with E-state index in [0.29, 0.717) is 29.1 Å². The minimum Gasteiger partial charge on any atom is -0.353 e. The van der Waals surface area contributed by atoms with Crippen LogP contribution in [-0.2, 0) is 14.9 Å². The maximum Gasteiger partial charge on any atom is 0.278 e. The molecule has 42 heavy (non-hydrogen) atoms. The van der Waals surface area contributed by atoms with Crippen molar-refractivity contribution in [2.45, 2.75) is 59.8 Å². The third-order valence-electron chi connectivity index (χ3n) is 6.83. The van der Waals surface area contributed by atoms with Gasteiger partial charge in [-0.05, 0) is 88.3 Å². The fraction of sp³-hybridized carbons (Fsp3) is 0.400. The molecule has 1 aromatic carbocycles. The zero-order valence-corrected chi connectivity index (χ0v) is 25.9. The first-order valence-electron chi connectivity index (χ1n) is 13.7. The number of hydrogen-bond acceptors (Lipinski definition) is 7. The number of hydroxylamine groups is 1. The second kappa shape index (κ2) is 13.9. The number of carbonyl (C=O) groups excluding carboxylic acids is 1. The summed E-state index contributed by atoms with van der Waals surface area (Å²) in [6.45, 7) is 9.21. The van der Waals surface area contributed by atoms with Crippen LogP contribution in [0, 0.1) is 5.82 Å². The molecule has 1 aromatic heterocycles. The third-order valence-corrected chi connectivity index (χ3v) is 8.02. The van der Waals surface area contributed by atoms with Crippen molar-refractivity contribution in [3.05, 3.63) is 76.2 Å². The number of allylic oxidation sites excluding steroid dienone is 5. The van der Waals surface area contributed by atoms with Gasteiger partial charge in [0.25, 0.3) is 5.91 Å². The molecule has 1 heterocycles. The number of aromatic nitrogens is 1. The highest BCUT2D eigenvalue weighted by Gasteiger charge is 2.29. The zero-order valence-electron chi connectivity index (χ0n) is 25.1. The van der Waals surface area contributed by atoms with Gasteiger partial charge in [0, 0.05) is 25.0 Å². The molecule has 1 fully saturated rings. The molecule has 0 aliphatic heterocycles. The second-order valence-corrected chi connectivity index (χ2v) is 12.4. The maximum atomic E-state index is 15.2. The smallest absolute Gasteiger partial charge is 0.278 e. The van der Waals surface area contributed by atoms with Gasteiger partial charge in [0.15, 0.2) is 0 Å². The van der Waals surface area contributed by atoms with Gasteiger partial charge < -0.3 is 10.6 Å². The number of hydrogen-bond donors (Lipinski definition) is 3. The SMILES string of the molecule is CCONC(=O)c1cnc(NC(/C=C\C(F)=C(/C)CC)=C(C)C)cc1Nc1cc(F)c(C2CC2)cc1N(C)S(C)(=O)=O. The van der Waals surface area contributed by atoms with Crippen molar-refractivity contribution >= 4 is 38.8 Å². The van der Waals surface area contributed by atoms with E-state index in [1.54, 1.807) is 19.9 Å². The predicted octanol–water partition coefficient (Wildman–Crippen LogP) is 6.83. The van der Waals surface area contributed by atoms with Crippen LogP contribution in [0.1, 0.15) is 75.7 Å². The lowest BCUT2D eigenvalue weighted by Gasteiger charge is -2.23. The summed E-state index contributed by atoms with van der Waals surface area (Å²) < 4.78 is 55.6. The molecule has 0 atom stereocenters. The van der Waals surface area contributed by atoms with Crippen LogP contribution in [0.5, 0.6) is 0 Å². The predicted molar refractivity (Wildman–Crippen MR) is 163 cm³/mol. The Morgan fingerprint density at radius 2 is 1.83 bits per heavy atom. The van der Waals surface area contributed by atoms with E-state index in [1.807, 2.05) is 20.8 Å². The van der Waals surface area contributed by atoms with Gasteiger partial charge >= 0.3 is 0 Å². The van der Waals surface area contributed by atoms with Gasteiger partial charge in [0.05, 0.1) is 35.5 Å². The van der Waals surface area contributed by atoms with E-state index in [9.17, 15) is 17.6 Å². The summed E-state index contributed by atoms with van der Waals surface area (Å²) in [5, 5.41) is 6.19. The summed E-state index contributed by atoms with van der Waals surface area (Å²) in [6.07, 6.45) is 7.56. The van der Waals surface area contributed by atoms with Gasteiger partial charge in [-0.25, -0.2) is 27.7 Å². The number of pyridine rings is 1. The number of anilines is 4. The molecule has 3 N–H and O–H groups in total. The molecule has 9 nitrogen and oxygen atoms in total. The molecule has 3 rings (SSSR count). The quantitative estimate of drug-likeness (QED) is 0.170. The molecule has 228 valence electrons. The number of rotatable bonds is 13. The van der Waals surface area contributed by atoms with Crippen molar-refractivity contribution in [1.29, 1.82) is 0 Å². The van der Waals surface area contributed by atoms with E-state index in [0.717, 1.165) is 29.0 Å². The highest BCUT2D eigenvalue weighted by molar-refractivity contribution is 7.92. The minimum atomic E-state index is -3.70. The lowest BCUT2D eigenvalue weighted by Crippen LogP contribution is -2.26. The number of halogens is 2. The molecule has 1 aliphatic rings. The third kappa shape index (κ3) is 8.39. The summed E-state index contributed by atoms with van der Waals surface area (Å²) in [7, 11) is -2.32. The normalized spacial score (nSPS) is 13.9. The lowest BCUT2D eigenvalue weighted by atomic mass is 10.1. The average Bonchev–Trinajstić information content (AvgIpc) is 3.78. The van der Waals surface area contributed by atoms with Crippen LogP contribution in [0.2, 0.25) is 0 Å². The Labute approximate surface area is 246 Å². The Bertz CT molecular complexity index is 1530. The van der Waals surface area contributed by atoms with Crippen molar-refractivity contribution in [3.8, 4) is 0 Å². The fourth-order valence-corrected chi connectivity index (χ4v) is 4.42. The Balaban J connectivity index is 2.10.